The Hall–Kier alpha value is -2.07. The summed E-state index contributed by atoms with van der Waals surface area (Å²) in [5, 5.41) is 11.9. The average molecular weight is 429 g/mol. The van der Waals surface area contributed by atoms with E-state index in [1.807, 2.05) is 6.92 Å². The molecule has 1 aliphatic rings. The van der Waals surface area contributed by atoms with Crippen LogP contribution in [0.2, 0.25) is 0 Å². The van der Waals surface area contributed by atoms with Crippen LogP contribution in [0.25, 0.3) is 10.4 Å². The molecule has 1 aliphatic heterocycles. The molecule has 0 bridgehead atoms. The van der Waals surface area contributed by atoms with E-state index < -0.39 is 0 Å². The summed E-state index contributed by atoms with van der Waals surface area (Å²) in [6.07, 6.45) is 5.82. The van der Waals surface area contributed by atoms with Crippen molar-refractivity contribution >= 4 is 11.9 Å². The highest BCUT2D eigenvalue weighted by Crippen LogP contribution is 2.11. The zero-order valence-electron chi connectivity index (χ0n) is 17.9. The first-order valence-electron chi connectivity index (χ1n) is 10.7. The number of carbonyl (C=O) groups excluding carboxylic acids is 2. The number of unbranched alkanes of at least 4 members (excludes halogenated alkanes) is 2. The van der Waals surface area contributed by atoms with Gasteiger partial charge in [0.2, 0.25) is 5.91 Å². The van der Waals surface area contributed by atoms with Crippen LogP contribution in [0.3, 0.4) is 0 Å². The molecule has 0 spiro atoms. The van der Waals surface area contributed by atoms with Gasteiger partial charge in [0.05, 0.1) is 12.6 Å². The molecule has 0 aromatic carbocycles. The molecule has 0 aromatic heterocycles. The fourth-order valence-corrected chi connectivity index (χ4v) is 3.00. The summed E-state index contributed by atoms with van der Waals surface area (Å²) < 4.78 is 16.0. The largest absolute Gasteiger partial charge is 0.381 e. The minimum atomic E-state index is -0.0906. The van der Waals surface area contributed by atoms with Crippen LogP contribution in [0.1, 0.15) is 51.9 Å². The Morgan fingerprint density at radius 3 is 2.40 bits per heavy atom. The predicted octanol–water partition coefficient (Wildman–Crippen LogP) is 2.22. The van der Waals surface area contributed by atoms with Gasteiger partial charge >= 0.3 is 6.03 Å². The number of rotatable bonds is 19. The lowest BCUT2D eigenvalue weighted by Gasteiger charge is -2.13. The third-order valence-electron chi connectivity index (χ3n) is 4.63. The van der Waals surface area contributed by atoms with Crippen molar-refractivity contribution in [3.8, 4) is 0 Å². The Balaban J connectivity index is 1.78. The first kappa shape index (κ1) is 26.0. The number of nitrogens with one attached hydrogen (secondary N) is 3. The second-order valence-electron chi connectivity index (χ2n) is 7.16. The molecule has 0 aromatic rings. The molecule has 1 heterocycles. The van der Waals surface area contributed by atoms with E-state index in [0.29, 0.717) is 46.0 Å². The lowest BCUT2D eigenvalue weighted by molar-refractivity contribution is -0.121. The van der Waals surface area contributed by atoms with E-state index in [-0.39, 0.29) is 30.8 Å². The van der Waals surface area contributed by atoms with Gasteiger partial charge in [-0.15, -0.1) is 0 Å². The van der Waals surface area contributed by atoms with Crippen LogP contribution in [0.4, 0.5) is 4.79 Å². The Morgan fingerprint density at radius 2 is 1.73 bits per heavy atom. The third kappa shape index (κ3) is 14.0. The topological polar surface area (TPSA) is 147 Å². The van der Waals surface area contributed by atoms with Crippen molar-refractivity contribution in [2.24, 2.45) is 5.11 Å². The molecule has 1 saturated heterocycles. The van der Waals surface area contributed by atoms with E-state index >= 15 is 0 Å². The molecule has 3 amide bonds. The van der Waals surface area contributed by atoms with Gasteiger partial charge in [0.25, 0.3) is 0 Å². The fourth-order valence-electron chi connectivity index (χ4n) is 3.00. The lowest BCUT2D eigenvalue weighted by Crippen LogP contribution is -2.30. The van der Waals surface area contributed by atoms with Crippen LogP contribution < -0.4 is 16.0 Å². The summed E-state index contributed by atoms with van der Waals surface area (Å²) in [7, 11) is 0. The van der Waals surface area contributed by atoms with Crippen LogP contribution >= 0.6 is 0 Å². The maximum absolute atomic E-state index is 11.8. The van der Waals surface area contributed by atoms with Crippen molar-refractivity contribution in [2.75, 3.05) is 46.3 Å². The molecule has 30 heavy (non-hydrogen) atoms. The molecule has 0 aliphatic carbocycles. The molecule has 172 valence electrons. The standard InChI is InChI=1S/C19H36N6O5/c1-16-17(24-19(27)23-16)7-3-2-4-8-18(26)21-9-14-29-12-5-10-28-11-6-13-30-15-22-25-20/h16-17H,2-15H2,1H3,(H,21,26)(H2,23,24,27)/t16-,17+/m0/s1. The first-order chi connectivity index (χ1) is 14.6. The molecule has 0 radical (unpaired) electrons. The molecule has 11 nitrogen and oxygen atoms in total. The number of azide groups is 1. The molecule has 11 heteroatoms. The molecular weight excluding hydrogens is 392 g/mol. The Morgan fingerprint density at radius 1 is 1.03 bits per heavy atom. The molecule has 2 atom stereocenters. The fraction of sp³-hybridized carbons (Fsp3) is 0.895. The van der Waals surface area contributed by atoms with Crippen LogP contribution in [-0.4, -0.2) is 70.3 Å². The molecule has 0 saturated carbocycles. The highest BCUT2D eigenvalue weighted by Gasteiger charge is 2.26. The van der Waals surface area contributed by atoms with Crippen LogP contribution in [0.5, 0.6) is 0 Å². The van der Waals surface area contributed by atoms with Gasteiger partial charge in [-0.2, -0.15) is 0 Å². The first-order valence-corrected chi connectivity index (χ1v) is 10.7. The normalized spacial score (nSPS) is 17.8. The van der Waals surface area contributed by atoms with E-state index in [9.17, 15) is 9.59 Å². The van der Waals surface area contributed by atoms with E-state index in [4.69, 9.17) is 19.7 Å². The van der Waals surface area contributed by atoms with Crippen molar-refractivity contribution in [1.82, 2.24) is 16.0 Å². The highest BCUT2D eigenvalue weighted by molar-refractivity contribution is 5.77. The maximum atomic E-state index is 11.8. The molecular formula is C19H36N6O5. The van der Waals surface area contributed by atoms with Gasteiger partial charge in [-0.05, 0) is 38.1 Å². The van der Waals surface area contributed by atoms with Crippen molar-refractivity contribution in [1.29, 1.82) is 0 Å². The summed E-state index contributed by atoms with van der Waals surface area (Å²) >= 11 is 0. The molecule has 1 rings (SSSR count). The minimum absolute atomic E-state index is 0.0498. The van der Waals surface area contributed by atoms with E-state index in [1.165, 1.54) is 0 Å². The van der Waals surface area contributed by atoms with Gasteiger partial charge < -0.3 is 30.2 Å². The number of hydrogen-bond acceptors (Lipinski definition) is 6. The van der Waals surface area contributed by atoms with E-state index in [2.05, 4.69) is 26.0 Å². The SMILES string of the molecule is C[C@@H]1NC(=O)N[C@@H]1CCCCCC(=O)NCCOCCCOCCCOCN=[N+]=[N-]. The van der Waals surface area contributed by atoms with Crippen molar-refractivity contribution < 1.29 is 23.8 Å². The Kier molecular flexibility index (Phi) is 15.4. The van der Waals surface area contributed by atoms with Gasteiger partial charge in [0.1, 0.15) is 6.73 Å². The van der Waals surface area contributed by atoms with Crippen LogP contribution in [0.15, 0.2) is 5.11 Å². The smallest absolute Gasteiger partial charge is 0.315 e. The second kappa shape index (κ2) is 17.8. The zero-order chi connectivity index (χ0) is 21.9. The maximum Gasteiger partial charge on any atom is 0.315 e. The summed E-state index contributed by atoms with van der Waals surface area (Å²) in [6, 6.07) is 0.272. The molecule has 3 N–H and O–H groups in total. The third-order valence-corrected chi connectivity index (χ3v) is 4.63. The van der Waals surface area contributed by atoms with E-state index in [0.717, 1.165) is 38.5 Å². The monoisotopic (exact) mass is 428 g/mol. The Labute approximate surface area is 178 Å². The predicted molar refractivity (Wildman–Crippen MR) is 112 cm³/mol. The highest BCUT2D eigenvalue weighted by atomic mass is 16.5. The van der Waals surface area contributed by atoms with Crippen LogP contribution in [0, 0.1) is 0 Å². The van der Waals surface area contributed by atoms with Gasteiger partial charge in [-0.25, -0.2) is 4.79 Å². The summed E-state index contributed by atoms with van der Waals surface area (Å²) in [5.41, 5.74) is 8.08. The van der Waals surface area contributed by atoms with E-state index in [1.54, 1.807) is 0 Å². The number of amides is 3. The second-order valence-corrected chi connectivity index (χ2v) is 7.16. The van der Waals surface area contributed by atoms with Crippen molar-refractivity contribution in [2.45, 2.75) is 64.0 Å². The minimum Gasteiger partial charge on any atom is -0.381 e. The number of urea groups is 1. The summed E-state index contributed by atoms with van der Waals surface area (Å²) in [4.78, 5) is 25.6. The number of ether oxygens (including phenoxy) is 3. The Bertz CT molecular complexity index is 530. The van der Waals surface area contributed by atoms with Gasteiger partial charge in [0, 0.05) is 50.3 Å². The van der Waals surface area contributed by atoms with Crippen molar-refractivity contribution in [3.05, 3.63) is 10.4 Å². The zero-order valence-corrected chi connectivity index (χ0v) is 17.9. The average Bonchev–Trinajstić information content (AvgIpc) is 3.05. The number of hydrogen-bond donors (Lipinski definition) is 3. The molecule has 1 fully saturated rings. The van der Waals surface area contributed by atoms with Gasteiger partial charge in [0.15, 0.2) is 0 Å². The quantitative estimate of drug-likeness (QED) is 0.125. The van der Waals surface area contributed by atoms with Gasteiger partial charge in [-0.3, -0.25) is 4.79 Å². The summed E-state index contributed by atoms with van der Waals surface area (Å²) in [6.45, 7) is 5.36. The number of nitrogens with zero attached hydrogens (tertiary/aromatic N) is 3. The summed E-state index contributed by atoms with van der Waals surface area (Å²) in [5.74, 6) is 0.0498. The molecule has 0 unspecified atom stereocenters. The van der Waals surface area contributed by atoms with Crippen molar-refractivity contribution in [3.63, 3.8) is 0 Å². The van der Waals surface area contributed by atoms with Gasteiger partial charge in [-0.1, -0.05) is 18.0 Å². The number of carbonyl (C=O) groups is 2. The lowest BCUT2D eigenvalue weighted by atomic mass is 10.0. The van der Waals surface area contributed by atoms with Crippen LogP contribution in [-0.2, 0) is 19.0 Å².